The number of benzene rings is 1. The van der Waals surface area contributed by atoms with Crippen molar-refractivity contribution >= 4 is 29.4 Å². The highest BCUT2D eigenvalue weighted by atomic mass is 35.5. The Bertz CT molecular complexity index is 620. The van der Waals surface area contributed by atoms with Crippen molar-refractivity contribution in [3.8, 4) is 0 Å². The van der Waals surface area contributed by atoms with Crippen molar-refractivity contribution in [1.82, 2.24) is 9.80 Å². The highest BCUT2D eigenvalue weighted by Crippen LogP contribution is 2.20. The number of hydrogen-bond acceptors (Lipinski definition) is 3. The number of urea groups is 1. The van der Waals surface area contributed by atoms with Crippen LogP contribution in [0.15, 0.2) is 18.2 Å². The quantitative estimate of drug-likeness (QED) is 0.836. The van der Waals surface area contributed by atoms with Crippen LogP contribution in [0.2, 0.25) is 5.02 Å². The maximum Gasteiger partial charge on any atom is 0.410 e. The first-order chi connectivity index (χ1) is 11.2. The molecule has 1 saturated heterocycles. The molecule has 1 aliphatic rings. The number of halogens is 1. The van der Waals surface area contributed by atoms with E-state index in [1.165, 1.54) is 0 Å². The zero-order chi connectivity index (χ0) is 17.9. The molecular formula is C17H24ClN3O3. The molecule has 0 unspecified atom stereocenters. The number of ether oxygens (including phenoxy) is 1. The Kier molecular flexibility index (Phi) is 5.59. The van der Waals surface area contributed by atoms with Crippen LogP contribution in [0, 0.1) is 6.92 Å². The molecule has 1 aromatic rings. The molecule has 1 N–H and O–H groups in total. The zero-order valence-electron chi connectivity index (χ0n) is 14.6. The lowest BCUT2D eigenvalue weighted by atomic mass is 10.2. The monoisotopic (exact) mass is 353 g/mol. The van der Waals surface area contributed by atoms with E-state index in [2.05, 4.69) is 5.32 Å². The number of carbonyl (C=O) groups is 2. The Morgan fingerprint density at radius 1 is 1.12 bits per heavy atom. The molecule has 0 bridgehead atoms. The molecule has 132 valence electrons. The molecule has 0 aromatic heterocycles. The third-order valence-corrected chi connectivity index (χ3v) is 3.88. The molecule has 0 atom stereocenters. The number of piperazine rings is 1. The van der Waals surface area contributed by atoms with E-state index in [-0.39, 0.29) is 12.1 Å². The molecule has 0 aliphatic carbocycles. The minimum atomic E-state index is -0.516. The minimum Gasteiger partial charge on any atom is -0.444 e. The van der Waals surface area contributed by atoms with Gasteiger partial charge >= 0.3 is 12.1 Å². The lowest BCUT2D eigenvalue weighted by Gasteiger charge is -2.35. The van der Waals surface area contributed by atoms with Gasteiger partial charge in [-0.15, -0.1) is 0 Å². The van der Waals surface area contributed by atoms with Crippen LogP contribution in [-0.2, 0) is 4.74 Å². The number of aryl methyl sites for hydroxylation is 1. The predicted octanol–water partition coefficient (Wildman–Crippen LogP) is 3.73. The maximum atomic E-state index is 12.4. The second-order valence-corrected chi connectivity index (χ2v) is 7.28. The van der Waals surface area contributed by atoms with Crippen LogP contribution in [0.4, 0.5) is 15.3 Å². The second kappa shape index (κ2) is 7.30. The van der Waals surface area contributed by atoms with Crippen LogP contribution >= 0.6 is 11.6 Å². The smallest absolute Gasteiger partial charge is 0.410 e. The van der Waals surface area contributed by atoms with Crippen molar-refractivity contribution in [2.75, 3.05) is 31.5 Å². The molecule has 1 aromatic carbocycles. The van der Waals surface area contributed by atoms with Gasteiger partial charge < -0.3 is 19.9 Å². The van der Waals surface area contributed by atoms with Gasteiger partial charge in [-0.05, 0) is 51.5 Å². The van der Waals surface area contributed by atoms with Gasteiger partial charge in [0.05, 0.1) is 0 Å². The molecule has 0 spiro atoms. The Balaban J connectivity index is 1.87. The fourth-order valence-electron chi connectivity index (χ4n) is 2.38. The van der Waals surface area contributed by atoms with E-state index >= 15 is 0 Å². The summed E-state index contributed by atoms with van der Waals surface area (Å²) >= 11 is 5.92. The summed E-state index contributed by atoms with van der Waals surface area (Å²) in [5.41, 5.74) is 1.12. The minimum absolute atomic E-state index is 0.177. The van der Waals surface area contributed by atoms with Crippen molar-refractivity contribution in [1.29, 1.82) is 0 Å². The highest BCUT2D eigenvalue weighted by Gasteiger charge is 2.27. The van der Waals surface area contributed by atoms with E-state index in [0.717, 1.165) is 11.3 Å². The summed E-state index contributed by atoms with van der Waals surface area (Å²) in [5.74, 6) is 0. The van der Waals surface area contributed by atoms with E-state index in [1.54, 1.807) is 28.0 Å². The fraction of sp³-hybridized carbons (Fsp3) is 0.529. The third-order valence-electron chi connectivity index (χ3n) is 3.65. The van der Waals surface area contributed by atoms with E-state index in [4.69, 9.17) is 16.3 Å². The molecular weight excluding hydrogens is 330 g/mol. The molecule has 1 fully saturated rings. The third kappa shape index (κ3) is 5.03. The molecule has 0 radical (unpaired) electrons. The number of rotatable bonds is 1. The first-order valence-corrected chi connectivity index (χ1v) is 8.33. The summed E-state index contributed by atoms with van der Waals surface area (Å²) in [6, 6.07) is 5.15. The number of amides is 3. The van der Waals surface area contributed by atoms with E-state index in [1.807, 2.05) is 27.7 Å². The molecule has 0 saturated carbocycles. The van der Waals surface area contributed by atoms with Crippen molar-refractivity contribution in [2.24, 2.45) is 0 Å². The molecule has 1 aliphatic heterocycles. The van der Waals surface area contributed by atoms with Crippen LogP contribution < -0.4 is 5.32 Å². The van der Waals surface area contributed by atoms with E-state index in [9.17, 15) is 9.59 Å². The molecule has 24 heavy (non-hydrogen) atoms. The van der Waals surface area contributed by atoms with Crippen LogP contribution in [0.25, 0.3) is 0 Å². The number of carbonyl (C=O) groups excluding carboxylic acids is 2. The Morgan fingerprint density at radius 3 is 2.25 bits per heavy atom. The standard InChI is InChI=1S/C17H24ClN3O3/c1-12-11-13(18)5-6-14(12)19-15(22)20-7-9-21(10-8-20)16(23)24-17(2,3)4/h5-6,11H,7-10H2,1-4H3,(H,19,22). The average molecular weight is 354 g/mol. The van der Waals surface area contributed by atoms with Crippen LogP contribution in [0.5, 0.6) is 0 Å². The lowest BCUT2D eigenvalue weighted by Crippen LogP contribution is -2.52. The van der Waals surface area contributed by atoms with Gasteiger partial charge in [0, 0.05) is 36.9 Å². The van der Waals surface area contributed by atoms with Gasteiger partial charge in [-0.2, -0.15) is 0 Å². The Labute approximate surface area is 147 Å². The molecule has 7 heteroatoms. The van der Waals surface area contributed by atoms with Gasteiger partial charge in [-0.3, -0.25) is 0 Å². The second-order valence-electron chi connectivity index (χ2n) is 6.84. The van der Waals surface area contributed by atoms with Crippen molar-refractivity contribution < 1.29 is 14.3 Å². The SMILES string of the molecule is Cc1cc(Cl)ccc1NC(=O)N1CCN(C(=O)OC(C)(C)C)CC1. The summed E-state index contributed by atoms with van der Waals surface area (Å²) in [7, 11) is 0. The highest BCUT2D eigenvalue weighted by molar-refractivity contribution is 6.30. The van der Waals surface area contributed by atoms with E-state index in [0.29, 0.717) is 31.2 Å². The van der Waals surface area contributed by atoms with Crippen molar-refractivity contribution in [3.63, 3.8) is 0 Å². The molecule has 1 heterocycles. The molecule has 6 nitrogen and oxygen atoms in total. The molecule has 3 amide bonds. The van der Waals surface area contributed by atoms with Gasteiger partial charge in [-0.1, -0.05) is 11.6 Å². The van der Waals surface area contributed by atoms with Crippen LogP contribution in [0.1, 0.15) is 26.3 Å². The van der Waals surface area contributed by atoms with Crippen LogP contribution in [0.3, 0.4) is 0 Å². The van der Waals surface area contributed by atoms with Crippen LogP contribution in [-0.4, -0.2) is 53.7 Å². The number of nitrogens with zero attached hydrogens (tertiary/aromatic N) is 2. The summed E-state index contributed by atoms with van der Waals surface area (Å²) in [4.78, 5) is 27.7. The summed E-state index contributed by atoms with van der Waals surface area (Å²) in [5, 5.41) is 3.52. The zero-order valence-corrected chi connectivity index (χ0v) is 15.3. The topological polar surface area (TPSA) is 61.9 Å². The van der Waals surface area contributed by atoms with Gasteiger partial charge in [0.2, 0.25) is 0 Å². The first kappa shape index (κ1) is 18.4. The molecule has 2 rings (SSSR count). The van der Waals surface area contributed by atoms with E-state index < -0.39 is 5.60 Å². The van der Waals surface area contributed by atoms with Gasteiger partial charge in [0.15, 0.2) is 0 Å². The first-order valence-electron chi connectivity index (χ1n) is 7.96. The van der Waals surface area contributed by atoms with Gasteiger partial charge in [0.25, 0.3) is 0 Å². The summed E-state index contributed by atoms with van der Waals surface area (Å²) in [6.07, 6.45) is -0.337. The summed E-state index contributed by atoms with van der Waals surface area (Å²) < 4.78 is 5.35. The maximum absolute atomic E-state index is 12.4. The number of hydrogen-bond donors (Lipinski definition) is 1. The number of nitrogens with one attached hydrogen (secondary N) is 1. The lowest BCUT2D eigenvalue weighted by molar-refractivity contribution is 0.0174. The largest absolute Gasteiger partial charge is 0.444 e. The average Bonchev–Trinajstić information content (AvgIpc) is 2.48. The predicted molar refractivity (Wildman–Crippen MR) is 94.6 cm³/mol. The van der Waals surface area contributed by atoms with Crippen molar-refractivity contribution in [3.05, 3.63) is 28.8 Å². The summed E-state index contributed by atoms with van der Waals surface area (Å²) in [6.45, 7) is 9.26. The van der Waals surface area contributed by atoms with Gasteiger partial charge in [0.1, 0.15) is 5.60 Å². The fourth-order valence-corrected chi connectivity index (χ4v) is 2.61. The number of anilines is 1. The van der Waals surface area contributed by atoms with Gasteiger partial charge in [-0.25, -0.2) is 9.59 Å². The van der Waals surface area contributed by atoms with Crippen molar-refractivity contribution in [2.45, 2.75) is 33.3 Å². The Morgan fingerprint density at radius 2 is 1.71 bits per heavy atom. The normalized spacial score (nSPS) is 15.2. The Hall–Kier alpha value is -1.95.